The van der Waals surface area contributed by atoms with Crippen LogP contribution in [0.25, 0.3) is 0 Å². The highest BCUT2D eigenvalue weighted by molar-refractivity contribution is 5.65. The van der Waals surface area contributed by atoms with Gasteiger partial charge in [0, 0.05) is 19.0 Å². The third-order valence-electron chi connectivity index (χ3n) is 3.18. The summed E-state index contributed by atoms with van der Waals surface area (Å²) in [6.07, 6.45) is 0.501. The fraction of sp³-hybridized carbons (Fsp3) is 0.500. The maximum Gasteiger partial charge on any atom is 0.299 e. The molecule has 0 saturated carbocycles. The number of nitrogens with zero attached hydrogens (tertiary/aromatic N) is 2. The molecule has 114 valence electrons. The molecule has 0 atom stereocenters. The quantitative estimate of drug-likeness (QED) is 0.630. The molecule has 0 amide bonds. The van der Waals surface area contributed by atoms with Gasteiger partial charge in [0.2, 0.25) is 0 Å². The number of hydrogen-bond acceptors (Lipinski definition) is 7. The lowest BCUT2D eigenvalue weighted by Crippen LogP contribution is -2.28. The van der Waals surface area contributed by atoms with Crippen LogP contribution in [0.2, 0.25) is 0 Å². The van der Waals surface area contributed by atoms with Crippen molar-refractivity contribution in [2.75, 3.05) is 25.1 Å². The van der Waals surface area contributed by atoms with Gasteiger partial charge in [0.05, 0.1) is 29.1 Å². The third-order valence-corrected chi connectivity index (χ3v) is 3.18. The smallest absolute Gasteiger partial charge is 0.299 e. The van der Waals surface area contributed by atoms with E-state index in [2.05, 4.69) is 5.32 Å². The molecule has 1 aliphatic heterocycles. The average molecular weight is 297 g/mol. The molecule has 1 aliphatic rings. The summed E-state index contributed by atoms with van der Waals surface area (Å²) in [5.41, 5.74) is -0.420. The van der Waals surface area contributed by atoms with E-state index in [0.717, 1.165) is 6.07 Å². The Kier molecular flexibility index (Phi) is 4.34. The van der Waals surface area contributed by atoms with E-state index >= 15 is 0 Å². The first-order valence-electron chi connectivity index (χ1n) is 6.36. The summed E-state index contributed by atoms with van der Waals surface area (Å²) >= 11 is 0. The Morgan fingerprint density at radius 1 is 1.24 bits per heavy atom. The second-order valence-electron chi connectivity index (χ2n) is 4.72. The van der Waals surface area contributed by atoms with Crippen molar-refractivity contribution >= 4 is 17.1 Å². The lowest BCUT2D eigenvalue weighted by atomic mass is 10.2. The van der Waals surface area contributed by atoms with Crippen LogP contribution in [0.15, 0.2) is 18.2 Å². The summed E-state index contributed by atoms with van der Waals surface area (Å²) in [6, 6.07) is 3.49. The highest BCUT2D eigenvalue weighted by Gasteiger charge is 2.30. The molecule has 1 saturated heterocycles. The maximum absolute atomic E-state index is 11.0. The standard InChI is InChI=1S/C12H15N3O6/c1-12(20-6-7-21-12)4-5-13-10-3-2-9(14(16)17)8-11(10)15(18)19/h2-3,8,13H,4-7H2,1H3. The fourth-order valence-electron chi connectivity index (χ4n) is 2.06. The van der Waals surface area contributed by atoms with E-state index in [1.165, 1.54) is 12.1 Å². The van der Waals surface area contributed by atoms with Crippen LogP contribution in [0, 0.1) is 20.2 Å². The Balaban J connectivity index is 2.05. The molecule has 2 rings (SSSR count). The summed E-state index contributed by atoms with van der Waals surface area (Å²) in [7, 11) is 0. The van der Waals surface area contributed by atoms with Crippen molar-refractivity contribution in [3.63, 3.8) is 0 Å². The number of nitrogens with one attached hydrogen (secondary N) is 1. The maximum atomic E-state index is 11.0. The summed E-state index contributed by atoms with van der Waals surface area (Å²) in [6.45, 7) is 3.23. The predicted molar refractivity (Wildman–Crippen MR) is 73.2 cm³/mol. The number of rotatable bonds is 6. The third kappa shape index (κ3) is 3.64. The highest BCUT2D eigenvalue weighted by Crippen LogP contribution is 2.29. The molecule has 1 aromatic rings. The van der Waals surface area contributed by atoms with E-state index in [1.807, 2.05) is 0 Å². The van der Waals surface area contributed by atoms with E-state index in [-0.39, 0.29) is 17.1 Å². The van der Waals surface area contributed by atoms with Crippen LogP contribution in [0.3, 0.4) is 0 Å². The van der Waals surface area contributed by atoms with E-state index in [9.17, 15) is 20.2 Å². The van der Waals surface area contributed by atoms with Crippen LogP contribution in [0.1, 0.15) is 13.3 Å². The molecule has 0 spiro atoms. The summed E-state index contributed by atoms with van der Waals surface area (Å²) in [4.78, 5) is 20.3. The Bertz CT molecular complexity index is 556. The van der Waals surface area contributed by atoms with Gasteiger partial charge in [0.1, 0.15) is 5.69 Å². The van der Waals surface area contributed by atoms with Gasteiger partial charge in [-0.3, -0.25) is 20.2 Å². The van der Waals surface area contributed by atoms with Gasteiger partial charge in [-0.05, 0) is 13.0 Å². The number of non-ortho nitro benzene ring substituents is 1. The van der Waals surface area contributed by atoms with Crippen LogP contribution in [0.4, 0.5) is 17.1 Å². The molecular weight excluding hydrogens is 282 g/mol. The summed E-state index contributed by atoms with van der Waals surface area (Å²) in [5, 5.41) is 24.5. The first-order chi connectivity index (χ1) is 9.91. The molecule has 0 radical (unpaired) electrons. The van der Waals surface area contributed by atoms with Crippen LogP contribution < -0.4 is 5.32 Å². The monoisotopic (exact) mass is 297 g/mol. The van der Waals surface area contributed by atoms with Gasteiger partial charge in [-0.2, -0.15) is 0 Å². The van der Waals surface area contributed by atoms with Crippen molar-refractivity contribution in [2.45, 2.75) is 19.1 Å². The van der Waals surface area contributed by atoms with Crippen molar-refractivity contribution in [3.05, 3.63) is 38.4 Å². The van der Waals surface area contributed by atoms with Crippen LogP contribution in [0.5, 0.6) is 0 Å². The topological polar surface area (TPSA) is 117 Å². The van der Waals surface area contributed by atoms with E-state index < -0.39 is 15.6 Å². The van der Waals surface area contributed by atoms with Gasteiger partial charge < -0.3 is 14.8 Å². The minimum absolute atomic E-state index is 0.229. The predicted octanol–water partition coefficient (Wildman–Crippen LogP) is 2.07. The fourth-order valence-corrected chi connectivity index (χ4v) is 2.06. The molecule has 1 aromatic carbocycles. The summed E-state index contributed by atoms with van der Waals surface area (Å²) in [5.74, 6) is -0.692. The Hall–Kier alpha value is -2.26. The minimum atomic E-state index is -0.692. The van der Waals surface area contributed by atoms with E-state index in [0.29, 0.717) is 26.2 Å². The average Bonchev–Trinajstić information content (AvgIpc) is 2.85. The number of benzene rings is 1. The van der Waals surface area contributed by atoms with E-state index in [1.54, 1.807) is 6.92 Å². The number of ether oxygens (including phenoxy) is 2. The van der Waals surface area contributed by atoms with Gasteiger partial charge in [0.25, 0.3) is 11.4 Å². The van der Waals surface area contributed by atoms with Crippen molar-refractivity contribution in [1.29, 1.82) is 0 Å². The molecule has 0 bridgehead atoms. The Morgan fingerprint density at radius 2 is 1.90 bits per heavy atom. The normalized spacial score (nSPS) is 16.6. The largest absolute Gasteiger partial charge is 0.379 e. The molecule has 0 aliphatic carbocycles. The van der Waals surface area contributed by atoms with Crippen LogP contribution >= 0.6 is 0 Å². The molecule has 0 aromatic heterocycles. The molecular formula is C12H15N3O6. The van der Waals surface area contributed by atoms with Crippen molar-refractivity contribution in [3.8, 4) is 0 Å². The Morgan fingerprint density at radius 3 is 2.48 bits per heavy atom. The molecule has 0 unspecified atom stereocenters. The van der Waals surface area contributed by atoms with Crippen LogP contribution in [-0.4, -0.2) is 35.4 Å². The lowest BCUT2D eigenvalue weighted by molar-refractivity contribution is -0.393. The van der Waals surface area contributed by atoms with E-state index in [4.69, 9.17) is 9.47 Å². The summed E-state index contributed by atoms with van der Waals surface area (Å²) < 4.78 is 10.8. The lowest BCUT2D eigenvalue weighted by Gasteiger charge is -2.22. The van der Waals surface area contributed by atoms with Gasteiger partial charge in [-0.15, -0.1) is 0 Å². The van der Waals surface area contributed by atoms with Crippen molar-refractivity contribution in [2.24, 2.45) is 0 Å². The number of anilines is 1. The second-order valence-corrected chi connectivity index (χ2v) is 4.72. The highest BCUT2D eigenvalue weighted by atomic mass is 16.7. The second kappa shape index (κ2) is 6.02. The molecule has 9 nitrogen and oxygen atoms in total. The molecule has 1 heterocycles. The zero-order valence-electron chi connectivity index (χ0n) is 11.4. The molecule has 1 fully saturated rings. The number of nitro groups is 2. The molecule has 21 heavy (non-hydrogen) atoms. The minimum Gasteiger partial charge on any atom is -0.379 e. The first-order valence-corrected chi connectivity index (χ1v) is 6.36. The number of hydrogen-bond donors (Lipinski definition) is 1. The molecule has 1 N–H and O–H groups in total. The van der Waals surface area contributed by atoms with Gasteiger partial charge in [0.15, 0.2) is 5.79 Å². The van der Waals surface area contributed by atoms with Crippen LogP contribution in [-0.2, 0) is 9.47 Å². The zero-order valence-corrected chi connectivity index (χ0v) is 11.4. The van der Waals surface area contributed by atoms with Crippen molar-refractivity contribution in [1.82, 2.24) is 0 Å². The van der Waals surface area contributed by atoms with Crippen molar-refractivity contribution < 1.29 is 19.3 Å². The van der Waals surface area contributed by atoms with Gasteiger partial charge >= 0.3 is 0 Å². The SMILES string of the molecule is CC1(CCNc2ccc([N+](=O)[O-])cc2[N+](=O)[O-])OCCO1. The van der Waals surface area contributed by atoms with Gasteiger partial charge in [-0.1, -0.05) is 0 Å². The zero-order chi connectivity index (χ0) is 15.5. The number of nitro benzene ring substituents is 2. The van der Waals surface area contributed by atoms with Gasteiger partial charge in [-0.25, -0.2) is 0 Å². The first kappa shape index (κ1) is 15.1. The molecule has 9 heteroatoms. The Labute approximate surface area is 120 Å².